The Balaban J connectivity index is 1.00. The van der Waals surface area contributed by atoms with Crippen LogP contribution in [0.1, 0.15) is 27.8 Å². The third-order valence-electron chi connectivity index (χ3n) is 10.8. The molecule has 286 valence electrons. The maximum Gasteiger partial charge on any atom is 0.157 e. The van der Waals surface area contributed by atoms with Crippen LogP contribution in [0.25, 0.3) is 38.7 Å². The van der Waals surface area contributed by atoms with E-state index in [-0.39, 0.29) is 0 Å². The van der Waals surface area contributed by atoms with Crippen molar-refractivity contribution >= 4 is 68.3 Å². The number of hydrogen-bond donors (Lipinski definition) is 2. The average Bonchev–Trinajstić information content (AvgIpc) is 3.30. The van der Waals surface area contributed by atoms with E-state index in [1.807, 2.05) is 73.9 Å². The Morgan fingerprint density at radius 1 is 0.644 bits per heavy atom. The molecule has 0 aromatic heterocycles. The van der Waals surface area contributed by atoms with Crippen LogP contribution < -0.4 is 15.5 Å². The second-order valence-corrected chi connectivity index (χ2v) is 14.6. The number of benzene rings is 8. The fraction of sp³-hybridized carbons (Fsp3) is 0.0755. The van der Waals surface area contributed by atoms with E-state index in [0.29, 0.717) is 12.4 Å². The summed E-state index contributed by atoms with van der Waals surface area (Å²) in [5.74, 6) is 1.46. The van der Waals surface area contributed by atoms with Gasteiger partial charge in [0.1, 0.15) is 5.84 Å². The highest BCUT2D eigenvalue weighted by atomic mass is 15.1. The number of anilines is 3. The first-order valence-electron chi connectivity index (χ1n) is 20.0. The standard InChI is InChI=1S/C53H44N6/c1-54-52(41-16-5-3-6-17-41)58-53(42-18-7-4-8-19-42)56-35-37-26-28-38(29-27-37)39-30-32-44(33-31-39)57-50-46-23-11-12-24-47(46)51-48(25-14-34-59(51)2)49(50)55-36-43-21-13-20-40-15-9-10-22-45(40)43/h3-33,36,57H,34-35H2,1-2H3,(H,54,56,58)/b55-36+. The van der Waals surface area contributed by atoms with Crippen LogP contribution in [0.4, 0.5) is 22.7 Å². The Bertz CT molecular complexity index is 2870. The molecule has 8 aromatic carbocycles. The van der Waals surface area contributed by atoms with Gasteiger partial charge in [0, 0.05) is 65.6 Å². The van der Waals surface area contributed by atoms with Gasteiger partial charge in [0.15, 0.2) is 5.84 Å². The predicted octanol–water partition coefficient (Wildman–Crippen LogP) is 12.2. The van der Waals surface area contributed by atoms with Crippen LogP contribution in [0.2, 0.25) is 0 Å². The van der Waals surface area contributed by atoms with E-state index in [2.05, 4.69) is 150 Å². The Morgan fingerprint density at radius 3 is 2.00 bits per heavy atom. The van der Waals surface area contributed by atoms with Gasteiger partial charge in [-0.3, -0.25) is 9.98 Å². The molecule has 1 aliphatic rings. The van der Waals surface area contributed by atoms with Crippen LogP contribution in [-0.4, -0.2) is 38.5 Å². The van der Waals surface area contributed by atoms with Crippen molar-refractivity contribution in [2.24, 2.45) is 15.0 Å². The molecule has 0 aliphatic carbocycles. The summed E-state index contributed by atoms with van der Waals surface area (Å²) in [6.45, 7) is 1.36. The van der Waals surface area contributed by atoms with Crippen molar-refractivity contribution in [3.8, 4) is 11.1 Å². The molecule has 59 heavy (non-hydrogen) atoms. The van der Waals surface area contributed by atoms with Gasteiger partial charge in [-0.15, -0.1) is 0 Å². The quantitative estimate of drug-likeness (QED) is 0.114. The summed E-state index contributed by atoms with van der Waals surface area (Å²) in [5, 5.41) is 11.8. The number of rotatable bonds is 9. The maximum absolute atomic E-state index is 5.28. The number of fused-ring (bicyclic) bond motifs is 4. The third-order valence-corrected chi connectivity index (χ3v) is 10.8. The molecule has 0 fully saturated rings. The molecule has 8 aromatic rings. The SMILES string of the molecule is CN/C(=N\C(=N/Cc1ccc(-c2ccc(Nc3c(/N=C/c4cccc5ccccc45)c4c(c5ccccc35)N(C)CC=C4)cc2)cc1)c1ccccc1)c1ccccc1. The highest BCUT2D eigenvalue weighted by molar-refractivity contribution is 6.14. The van der Waals surface area contributed by atoms with E-state index in [0.717, 1.165) is 73.8 Å². The Hall–Kier alpha value is -7.57. The van der Waals surface area contributed by atoms with Gasteiger partial charge >= 0.3 is 0 Å². The van der Waals surface area contributed by atoms with Crippen LogP contribution in [-0.2, 0) is 6.54 Å². The lowest BCUT2D eigenvalue weighted by Gasteiger charge is -2.28. The molecule has 0 saturated carbocycles. The molecule has 0 atom stereocenters. The smallest absolute Gasteiger partial charge is 0.157 e. The van der Waals surface area contributed by atoms with Crippen molar-refractivity contribution in [3.05, 3.63) is 210 Å². The minimum Gasteiger partial charge on any atom is -0.373 e. The maximum atomic E-state index is 5.28. The highest BCUT2D eigenvalue weighted by Gasteiger charge is 2.22. The van der Waals surface area contributed by atoms with Gasteiger partial charge in [-0.1, -0.05) is 176 Å². The van der Waals surface area contributed by atoms with Gasteiger partial charge in [0.2, 0.25) is 0 Å². The normalized spacial score (nSPS) is 12.9. The summed E-state index contributed by atoms with van der Waals surface area (Å²) in [5.41, 5.74) is 11.6. The Kier molecular flexibility index (Phi) is 10.6. The molecule has 2 N–H and O–H groups in total. The largest absolute Gasteiger partial charge is 0.373 e. The van der Waals surface area contributed by atoms with E-state index >= 15 is 0 Å². The number of likely N-dealkylation sites (N-methyl/N-ethyl adjacent to an activating group) is 1. The van der Waals surface area contributed by atoms with E-state index < -0.39 is 0 Å². The molecule has 0 unspecified atom stereocenters. The van der Waals surface area contributed by atoms with E-state index in [1.165, 1.54) is 21.8 Å². The first-order chi connectivity index (χ1) is 29.1. The van der Waals surface area contributed by atoms with Gasteiger partial charge < -0.3 is 15.5 Å². The number of nitrogens with zero attached hydrogens (tertiary/aromatic N) is 4. The lowest BCUT2D eigenvalue weighted by atomic mass is 9.96. The molecular weight excluding hydrogens is 721 g/mol. The molecule has 1 aliphatic heterocycles. The fourth-order valence-electron chi connectivity index (χ4n) is 7.78. The second kappa shape index (κ2) is 16.9. The summed E-state index contributed by atoms with van der Waals surface area (Å²) in [6.07, 6.45) is 6.45. The predicted molar refractivity (Wildman–Crippen MR) is 251 cm³/mol. The van der Waals surface area contributed by atoms with Crippen molar-refractivity contribution < 1.29 is 0 Å². The zero-order valence-electron chi connectivity index (χ0n) is 33.2. The molecule has 0 saturated heterocycles. The zero-order chi connectivity index (χ0) is 40.0. The van der Waals surface area contributed by atoms with Crippen molar-refractivity contribution in [1.82, 2.24) is 5.32 Å². The van der Waals surface area contributed by atoms with E-state index in [4.69, 9.17) is 15.0 Å². The van der Waals surface area contributed by atoms with Crippen molar-refractivity contribution in [2.75, 3.05) is 30.9 Å². The summed E-state index contributed by atoms with van der Waals surface area (Å²) in [6, 6.07) is 61.0. The van der Waals surface area contributed by atoms with Gasteiger partial charge in [-0.2, -0.15) is 0 Å². The average molecular weight is 765 g/mol. The number of aliphatic imine (C=N–C) groups is 3. The third kappa shape index (κ3) is 7.89. The van der Waals surface area contributed by atoms with Crippen LogP contribution >= 0.6 is 0 Å². The van der Waals surface area contributed by atoms with Crippen molar-refractivity contribution in [3.63, 3.8) is 0 Å². The van der Waals surface area contributed by atoms with Gasteiger partial charge in [-0.05, 0) is 39.6 Å². The molecule has 6 nitrogen and oxygen atoms in total. The molecule has 0 spiro atoms. The van der Waals surface area contributed by atoms with Crippen LogP contribution in [0.15, 0.2) is 197 Å². The Morgan fingerprint density at radius 2 is 1.27 bits per heavy atom. The monoisotopic (exact) mass is 764 g/mol. The lowest BCUT2D eigenvalue weighted by molar-refractivity contribution is 1.03. The summed E-state index contributed by atoms with van der Waals surface area (Å²) in [7, 11) is 4.05. The van der Waals surface area contributed by atoms with Crippen LogP contribution in [0.3, 0.4) is 0 Å². The van der Waals surface area contributed by atoms with Crippen molar-refractivity contribution in [2.45, 2.75) is 6.54 Å². The van der Waals surface area contributed by atoms with Crippen LogP contribution in [0, 0.1) is 0 Å². The first-order valence-corrected chi connectivity index (χ1v) is 20.0. The first kappa shape index (κ1) is 37.0. The lowest BCUT2D eigenvalue weighted by Crippen LogP contribution is -2.21. The molecule has 0 bridgehead atoms. The van der Waals surface area contributed by atoms with E-state index in [9.17, 15) is 0 Å². The summed E-state index contributed by atoms with van der Waals surface area (Å²) >= 11 is 0. The zero-order valence-corrected chi connectivity index (χ0v) is 33.2. The summed E-state index contributed by atoms with van der Waals surface area (Å²) < 4.78 is 0. The topological polar surface area (TPSA) is 64.4 Å². The van der Waals surface area contributed by atoms with Crippen LogP contribution in [0.5, 0.6) is 0 Å². The molecular formula is C53H44N6. The Labute approximate surface area is 345 Å². The molecule has 1 heterocycles. The molecule has 0 radical (unpaired) electrons. The second-order valence-electron chi connectivity index (χ2n) is 14.6. The molecule has 6 heteroatoms. The van der Waals surface area contributed by atoms with Gasteiger partial charge in [0.25, 0.3) is 0 Å². The minimum atomic E-state index is 0.508. The van der Waals surface area contributed by atoms with Crippen molar-refractivity contribution in [1.29, 1.82) is 0 Å². The highest BCUT2D eigenvalue weighted by Crippen LogP contribution is 2.47. The molecule has 9 rings (SSSR count). The number of amidine groups is 2. The number of hydrogen-bond acceptors (Lipinski definition) is 4. The number of nitrogens with one attached hydrogen (secondary N) is 2. The fourth-order valence-corrected chi connectivity index (χ4v) is 7.78. The summed E-state index contributed by atoms with van der Waals surface area (Å²) in [4.78, 5) is 17.6. The van der Waals surface area contributed by atoms with Gasteiger partial charge in [-0.25, -0.2) is 4.99 Å². The van der Waals surface area contributed by atoms with E-state index in [1.54, 1.807) is 0 Å². The van der Waals surface area contributed by atoms with Gasteiger partial charge in [0.05, 0.1) is 23.6 Å². The minimum absolute atomic E-state index is 0.508. The molecule has 0 amide bonds.